The van der Waals surface area contributed by atoms with Crippen molar-refractivity contribution in [1.82, 2.24) is 29.7 Å². The predicted octanol–water partition coefficient (Wildman–Crippen LogP) is 3.49. The van der Waals surface area contributed by atoms with Gasteiger partial charge in [-0.15, -0.1) is 0 Å². The van der Waals surface area contributed by atoms with E-state index >= 15 is 0 Å². The molecule has 1 fully saturated rings. The molecule has 0 unspecified atom stereocenters. The summed E-state index contributed by atoms with van der Waals surface area (Å²) in [5, 5.41) is 4.01. The summed E-state index contributed by atoms with van der Waals surface area (Å²) in [5.74, 6) is 0.870. The van der Waals surface area contributed by atoms with Crippen LogP contribution in [0.4, 0.5) is 5.82 Å². The van der Waals surface area contributed by atoms with Gasteiger partial charge in [-0.25, -0.2) is 15.0 Å². The average molecular weight is 454 g/mol. The Labute approximate surface area is 198 Å². The number of amides is 1. The van der Waals surface area contributed by atoms with Crippen LogP contribution in [-0.4, -0.2) is 75.9 Å². The van der Waals surface area contributed by atoms with Gasteiger partial charge in [-0.3, -0.25) is 9.78 Å². The van der Waals surface area contributed by atoms with E-state index in [2.05, 4.69) is 49.3 Å². The first kappa shape index (κ1) is 21.9. The number of hydrogen-bond donors (Lipinski definition) is 1. The number of fused-ring (bicyclic) bond motifs is 1. The first-order chi connectivity index (χ1) is 16.5. The van der Waals surface area contributed by atoms with E-state index in [0.717, 1.165) is 70.8 Å². The molecule has 3 aromatic heterocycles. The molecule has 172 valence electrons. The van der Waals surface area contributed by atoms with Gasteiger partial charge in [0.25, 0.3) is 5.91 Å². The zero-order valence-electron chi connectivity index (χ0n) is 19.6. The van der Waals surface area contributed by atoms with E-state index in [-0.39, 0.29) is 5.91 Å². The number of carbonyl (C=O) groups excluding carboxylic acids is 1. The van der Waals surface area contributed by atoms with E-state index in [1.165, 1.54) is 0 Å². The van der Waals surface area contributed by atoms with Crippen LogP contribution in [0.25, 0.3) is 33.3 Å². The largest absolute Gasteiger partial charge is 0.373 e. The lowest BCUT2D eigenvalue weighted by atomic mass is 10.0. The molecular weight excluding hydrogens is 426 g/mol. The number of piperazine rings is 1. The number of aryl methyl sites for hydroxylation is 1. The quantitative estimate of drug-likeness (QED) is 0.506. The number of nitrogens with one attached hydrogen (secondary N) is 1. The summed E-state index contributed by atoms with van der Waals surface area (Å²) < 4.78 is 0. The van der Waals surface area contributed by atoms with Gasteiger partial charge < -0.3 is 15.1 Å². The van der Waals surface area contributed by atoms with Crippen molar-refractivity contribution in [2.24, 2.45) is 0 Å². The molecule has 1 saturated heterocycles. The van der Waals surface area contributed by atoms with Gasteiger partial charge >= 0.3 is 0 Å². The zero-order chi connectivity index (χ0) is 23.7. The highest BCUT2D eigenvalue weighted by Gasteiger charge is 2.21. The van der Waals surface area contributed by atoms with Gasteiger partial charge in [0.2, 0.25) is 0 Å². The zero-order valence-corrected chi connectivity index (χ0v) is 19.6. The molecule has 0 saturated carbocycles. The van der Waals surface area contributed by atoms with Crippen molar-refractivity contribution in [2.45, 2.75) is 6.92 Å². The second-order valence-corrected chi connectivity index (χ2v) is 8.65. The molecule has 8 heteroatoms. The van der Waals surface area contributed by atoms with Crippen molar-refractivity contribution >= 4 is 22.6 Å². The Bertz CT molecular complexity index is 1360. The van der Waals surface area contributed by atoms with Crippen molar-refractivity contribution in [3.05, 3.63) is 66.4 Å². The van der Waals surface area contributed by atoms with Gasteiger partial charge in [-0.1, -0.05) is 6.07 Å². The Balaban J connectivity index is 1.53. The third-order valence-corrected chi connectivity index (χ3v) is 6.33. The van der Waals surface area contributed by atoms with E-state index in [4.69, 9.17) is 0 Å². The number of benzene rings is 1. The van der Waals surface area contributed by atoms with Crippen LogP contribution in [0.15, 0.2) is 55.2 Å². The fraction of sp³-hybridized carbons (Fsp3) is 0.269. The van der Waals surface area contributed by atoms with E-state index in [9.17, 15) is 4.79 Å². The number of aromatic nitrogens is 4. The second kappa shape index (κ2) is 9.15. The molecule has 0 spiro atoms. The van der Waals surface area contributed by atoms with Crippen molar-refractivity contribution in [2.75, 3.05) is 45.6 Å². The molecule has 0 aliphatic carbocycles. The number of hydrogen-bond acceptors (Lipinski definition) is 7. The summed E-state index contributed by atoms with van der Waals surface area (Å²) in [5.41, 5.74) is 6.08. The van der Waals surface area contributed by atoms with E-state index < -0.39 is 0 Å². The van der Waals surface area contributed by atoms with Crippen LogP contribution in [0.2, 0.25) is 0 Å². The molecule has 8 nitrogen and oxygen atoms in total. The average Bonchev–Trinajstić information content (AvgIpc) is 2.88. The van der Waals surface area contributed by atoms with Gasteiger partial charge in [0, 0.05) is 68.3 Å². The molecule has 1 aliphatic heterocycles. The molecule has 1 aromatic carbocycles. The Kier molecular flexibility index (Phi) is 5.90. The molecule has 1 amide bonds. The van der Waals surface area contributed by atoms with Crippen molar-refractivity contribution in [1.29, 1.82) is 0 Å². The molecular formula is C26H27N7O. The number of anilines is 1. The van der Waals surface area contributed by atoms with Gasteiger partial charge in [-0.05, 0) is 49.4 Å². The van der Waals surface area contributed by atoms with Gasteiger partial charge in [0.15, 0.2) is 0 Å². The molecule has 4 heterocycles. The topological polar surface area (TPSA) is 87.1 Å². The Morgan fingerprint density at radius 2 is 1.74 bits per heavy atom. The first-order valence-corrected chi connectivity index (χ1v) is 11.4. The number of rotatable bonds is 4. The van der Waals surface area contributed by atoms with Crippen LogP contribution < -0.4 is 5.32 Å². The number of nitrogens with zero attached hydrogens (tertiary/aromatic N) is 6. The SMILES string of the molecule is CNc1ncc(-c2ccc3ncnc(-c4cncc(C(=O)N5CCN(C)CC5)c4)c3c2)cc1C. The molecule has 4 aromatic rings. The van der Waals surface area contributed by atoms with Crippen LogP contribution in [-0.2, 0) is 0 Å². The molecule has 0 radical (unpaired) electrons. The molecule has 1 N–H and O–H groups in total. The van der Waals surface area contributed by atoms with Crippen molar-refractivity contribution in [3.63, 3.8) is 0 Å². The van der Waals surface area contributed by atoms with E-state index in [1.54, 1.807) is 18.7 Å². The summed E-state index contributed by atoms with van der Waals surface area (Å²) in [6.45, 7) is 5.23. The highest BCUT2D eigenvalue weighted by Crippen LogP contribution is 2.30. The lowest BCUT2D eigenvalue weighted by Gasteiger charge is -2.32. The maximum Gasteiger partial charge on any atom is 0.255 e. The van der Waals surface area contributed by atoms with Gasteiger partial charge in [-0.2, -0.15) is 0 Å². The Morgan fingerprint density at radius 1 is 0.912 bits per heavy atom. The summed E-state index contributed by atoms with van der Waals surface area (Å²) in [4.78, 5) is 35.1. The molecule has 0 atom stereocenters. The minimum Gasteiger partial charge on any atom is -0.373 e. The normalized spacial score (nSPS) is 14.4. The van der Waals surface area contributed by atoms with Gasteiger partial charge in [0.1, 0.15) is 12.1 Å². The lowest BCUT2D eigenvalue weighted by molar-refractivity contribution is 0.0663. The smallest absolute Gasteiger partial charge is 0.255 e. The second-order valence-electron chi connectivity index (χ2n) is 8.65. The summed E-state index contributed by atoms with van der Waals surface area (Å²) in [6, 6.07) is 10.1. The van der Waals surface area contributed by atoms with Crippen molar-refractivity contribution in [3.8, 4) is 22.4 Å². The number of likely N-dealkylation sites (N-methyl/N-ethyl adjacent to an activating group) is 1. The molecule has 0 bridgehead atoms. The van der Waals surface area contributed by atoms with Crippen LogP contribution in [0.5, 0.6) is 0 Å². The fourth-order valence-electron chi connectivity index (χ4n) is 4.34. The number of carbonyl (C=O) groups is 1. The Hall–Kier alpha value is -3.91. The first-order valence-electron chi connectivity index (χ1n) is 11.4. The van der Waals surface area contributed by atoms with Crippen LogP contribution >= 0.6 is 0 Å². The highest BCUT2D eigenvalue weighted by molar-refractivity contribution is 5.98. The lowest BCUT2D eigenvalue weighted by Crippen LogP contribution is -2.47. The van der Waals surface area contributed by atoms with Crippen LogP contribution in [0.3, 0.4) is 0 Å². The summed E-state index contributed by atoms with van der Waals surface area (Å²) in [7, 11) is 3.94. The third kappa shape index (κ3) is 4.20. The minimum absolute atomic E-state index is 0.00711. The summed E-state index contributed by atoms with van der Waals surface area (Å²) in [6.07, 6.45) is 6.80. The molecule has 5 rings (SSSR count). The molecule has 34 heavy (non-hydrogen) atoms. The van der Waals surface area contributed by atoms with Gasteiger partial charge in [0.05, 0.1) is 16.8 Å². The minimum atomic E-state index is 0.00711. The third-order valence-electron chi connectivity index (χ3n) is 6.33. The maximum absolute atomic E-state index is 13.1. The van der Waals surface area contributed by atoms with E-state index in [0.29, 0.717) is 5.56 Å². The molecule has 1 aliphatic rings. The maximum atomic E-state index is 13.1. The van der Waals surface area contributed by atoms with Crippen LogP contribution in [0.1, 0.15) is 15.9 Å². The highest BCUT2D eigenvalue weighted by atomic mass is 16.2. The Morgan fingerprint density at radius 3 is 2.50 bits per heavy atom. The number of pyridine rings is 2. The predicted molar refractivity (Wildman–Crippen MR) is 134 cm³/mol. The fourth-order valence-corrected chi connectivity index (χ4v) is 4.34. The van der Waals surface area contributed by atoms with Crippen LogP contribution in [0, 0.1) is 6.92 Å². The van der Waals surface area contributed by atoms with E-state index in [1.807, 2.05) is 43.3 Å². The van der Waals surface area contributed by atoms with Crippen molar-refractivity contribution < 1.29 is 4.79 Å². The monoisotopic (exact) mass is 453 g/mol. The summed E-state index contributed by atoms with van der Waals surface area (Å²) >= 11 is 0. The standard InChI is InChI=1S/C26H27N7O/c1-17-10-19(15-29-25(17)27-2)18-4-5-23-22(12-18)24(31-16-30-23)20-11-21(14-28-13-20)26(34)33-8-6-32(3)7-9-33/h4-5,10-16H,6-9H2,1-3H3,(H,27,29).